The third kappa shape index (κ3) is 1.32. The van der Waals surface area contributed by atoms with Gasteiger partial charge in [-0.1, -0.05) is 54.6 Å². The van der Waals surface area contributed by atoms with Gasteiger partial charge in [0.05, 0.1) is 0 Å². The van der Waals surface area contributed by atoms with Gasteiger partial charge >= 0.3 is 0 Å². The van der Waals surface area contributed by atoms with E-state index in [1.54, 1.807) is 0 Å². The van der Waals surface area contributed by atoms with Gasteiger partial charge < -0.3 is 0 Å². The molecule has 0 aliphatic heterocycles. The van der Waals surface area contributed by atoms with Crippen molar-refractivity contribution < 1.29 is 0 Å². The van der Waals surface area contributed by atoms with E-state index in [1.807, 2.05) is 0 Å². The first-order chi connectivity index (χ1) is 8.93. The zero-order chi connectivity index (χ0) is 11.9. The number of allylic oxidation sites excluding steroid dienone is 4. The first kappa shape index (κ1) is 9.90. The average Bonchev–Trinajstić information content (AvgIpc) is 3.05. The Morgan fingerprint density at radius 2 is 1.67 bits per heavy atom. The minimum Gasteiger partial charge on any atom is -0.0795 e. The summed E-state index contributed by atoms with van der Waals surface area (Å²) in [6.07, 6.45) is 9.81. The maximum Gasteiger partial charge on any atom is -0.000728 e. The second-order valence-electron chi connectivity index (χ2n) is 4.86. The van der Waals surface area contributed by atoms with Crippen molar-refractivity contribution in [3.8, 4) is 11.1 Å². The number of hydrogen-bond acceptors (Lipinski definition) is 0. The molecule has 0 heterocycles. The van der Waals surface area contributed by atoms with Crippen LogP contribution in [0.4, 0.5) is 0 Å². The smallest absolute Gasteiger partial charge is 0.000728 e. The molecule has 18 heavy (non-hydrogen) atoms. The van der Waals surface area contributed by atoms with Crippen LogP contribution in [0.3, 0.4) is 0 Å². The Balaban J connectivity index is 1.94. The van der Waals surface area contributed by atoms with Crippen molar-refractivity contribution in [2.45, 2.75) is 12.8 Å². The van der Waals surface area contributed by atoms with Gasteiger partial charge in [0.2, 0.25) is 0 Å². The number of benzene rings is 2. The topological polar surface area (TPSA) is 0 Å². The summed E-state index contributed by atoms with van der Waals surface area (Å²) in [7, 11) is 0. The molecule has 0 saturated carbocycles. The van der Waals surface area contributed by atoms with Crippen LogP contribution in [-0.2, 0) is 6.42 Å². The maximum atomic E-state index is 3.43. The van der Waals surface area contributed by atoms with E-state index in [1.165, 1.54) is 33.4 Å². The Labute approximate surface area is 107 Å². The molecule has 2 aromatic rings. The Hall–Kier alpha value is -2.08. The quantitative estimate of drug-likeness (QED) is 0.580. The molecule has 0 amide bonds. The van der Waals surface area contributed by atoms with Gasteiger partial charge in [-0.3, -0.25) is 0 Å². The lowest BCUT2D eigenvalue weighted by Gasteiger charge is -2.08. The van der Waals surface area contributed by atoms with E-state index in [9.17, 15) is 0 Å². The van der Waals surface area contributed by atoms with Crippen molar-refractivity contribution in [1.29, 1.82) is 0 Å². The molecule has 2 aliphatic rings. The van der Waals surface area contributed by atoms with Crippen LogP contribution >= 0.6 is 0 Å². The van der Waals surface area contributed by atoms with E-state index in [0.29, 0.717) is 0 Å². The second kappa shape index (κ2) is 3.71. The number of hydrogen-bond donors (Lipinski definition) is 0. The van der Waals surface area contributed by atoms with E-state index in [4.69, 9.17) is 0 Å². The SMILES string of the molecule is [C]1=C(c2cccc3c2Cc2ccccc2-3)C=CC1. The van der Waals surface area contributed by atoms with Crippen LogP contribution in [0, 0.1) is 6.08 Å². The van der Waals surface area contributed by atoms with Gasteiger partial charge in [0.1, 0.15) is 0 Å². The van der Waals surface area contributed by atoms with Crippen LogP contribution < -0.4 is 0 Å². The molecule has 0 nitrogen and oxygen atoms in total. The zero-order valence-corrected chi connectivity index (χ0v) is 10.1. The van der Waals surface area contributed by atoms with Crippen molar-refractivity contribution in [3.63, 3.8) is 0 Å². The zero-order valence-electron chi connectivity index (χ0n) is 10.1. The Morgan fingerprint density at radius 1 is 0.833 bits per heavy atom. The largest absolute Gasteiger partial charge is 0.0795 e. The van der Waals surface area contributed by atoms with Crippen molar-refractivity contribution in [2.24, 2.45) is 0 Å². The summed E-state index contributed by atoms with van der Waals surface area (Å²) in [6.45, 7) is 0. The standard InChI is InChI=1S/C18H13/c1-2-7-13(6-1)15-10-5-11-17-16-9-4-3-8-14(16)12-18(15)17/h1,3-6,8-11H,2,12H2. The molecule has 85 valence electrons. The van der Waals surface area contributed by atoms with Crippen LogP contribution in [0.15, 0.2) is 54.6 Å². The van der Waals surface area contributed by atoms with Crippen LogP contribution in [0.1, 0.15) is 23.1 Å². The van der Waals surface area contributed by atoms with Gasteiger partial charge in [0.25, 0.3) is 0 Å². The maximum absolute atomic E-state index is 3.43. The molecule has 0 N–H and O–H groups in total. The summed E-state index contributed by atoms with van der Waals surface area (Å²) in [4.78, 5) is 0. The molecule has 1 radical (unpaired) electrons. The molecule has 0 bridgehead atoms. The predicted octanol–water partition coefficient (Wildman–Crippen LogP) is 4.40. The van der Waals surface area contributed by atoms with Gasteiger partial charge in [-0.05, 0) is 52.3 Å². The first-order valence-corrected chi connectivity index (χ1v) is 6.41. The number of rotatable bonds is 1. The lowest BCUT2D eigenvalue weighted by Crippen LogP contribution is -1.89. The summed E-state index contributed by atoms with van der Waals surface area (Å²) in [5.41, 5.74) is 8.34. The highest BCUT2D eigenvalue weighted by molar-refractivity contribution is 5.86. The van der Waals surface area contributed by atoms with Gasteiger partial charge in [0.15, 0.2) is 0 Å². The van der Waals surface area contributed by atoms with Gasteiger partial charge in [-0.25, -0.2) is 0 Å². The molecule has 2 aromatic carbocycles. The first-order valence-electron chi connectivity index (χ1n) is 6.41. The third-order valence-electron chi connectivity index (χ3n) is 3.84. The molecular formula is C18H13. The van der Waals surface area contributed by atoms with E-state index in [2.05, 4.69) is 60.7 Å². The summed E-state index contributed by atoms with van der Waals surface area (Å²) in [6, 6.07) is 15.4. The lowest BCUT2D eigenvalue weighted by molar-refractivity contribution is 1.25. The molecular weight excluding hydrogens is 216 g/mol. The predicted molar refractivity (Wildman–Crippen MR) is 75.1 cm³/mol. The van der Waals surface area contributed by atoms with Gasteiger partial charge in [-0.2, -0.15) is 0 Å². The molecule has 2 aliphatic carbocycles. The van der Waals surface area contributed by atoms with Crippen molar-refractivity contribution in [3.05, 3.63) is 77.4 Å². The van der Waals surface area contributed by atoms with Crippen molar-refractivity contribution in [2.75, 3.05) is 0 Å². The second-order valence-corrected chi connectivity index (χ2v) is 4.86. The molecule has 0 saturated heterocycles. The highest BCUT2D eigenvalue weighted by Crippen LogP contribution is 2.40. The average molecular weight is 229 g/mol. The van der Waals surface area contributed by atoms with Crippen molar-refractivity contribution in [1.82, 2.24) is 0 Å². The summed E-state index contributed by atoms with van der Waals surface area (Å²) < 4.78 is 0. The Kier molecular flexibility index (Phi) is 2.04. The molecule has 0 heteroatoms. The summed E-state index contributed by atoms with van der Waals surface area (Å²) in [5.74, 6) is 0. The minimum atomic E-state index is 0.950. The Morgan fingerprint density at radius 3 is 2.56 bits per heavy atom. The fourth-order valence-electron chi connectivity index (χ4n) is 3.00. The fourth-order valence-corrected chi connectivity index (χ4v) is 3.00. The molecule has 0 spiro atoms. The highest BCUT2D eigenvalue weighted by atomic mass is 14.2. The monoisotopic (exact) mass is 229 g/mol. The van der Waals surface area contributed by atoms with Gasteiger partial charge in [0, 0.05) is 0 Å². The third-order valence-corrected chi connectivity index (χ3v) is 3.84. The molecule has 0 unspecified atom stereocenters. The lowest BCUT2D eigenvalue weighted by atomic mass is 9.96. The van der Waals surface area contributed by atoms with Crippen molar-refractivity contribution >= 4 is 5.57 Å². The molecule has 0 fully saturated rings. The van der Waals surface area contributed by atoms with E-state index < -0.39 is 0 Å². The number of fused-ring (bicyclic) bond motifs is 3. The Bertz CT molecular complexity index is 687. The fraction of sp³-hybridized carbons (Fsp3) is 0.111. The minimum absolute atomic E-state index is 0.950. The van der Waals surface area contributed by atoms with Crippen LogP contribution in [-0.4, -0.2) is 0 Å². The van der Waals surface area contributed by atoms with E-state index in [-0.39, 0.29) is 0 Å². The van der Waals surface area contributed by atoms with E-state index in [0.717, 1.165) is 12.8 Å². The summed E-state index contributed by atoms with van der Waals surface area (Å²) in [5, 5.41) is 0. The van der Waals surface area contributed by atoms with Crippen LogP contribution in [0.2, 0.25) is 0 Å². The van der Waals surface area contributed by atoms with Crippen LogP contribution in [0.5, 0.6) is 0 Å². The summed E-state index contributed by atoms with van der Waals surface area (Å²) >= 11 is 0. The van der Waals surface area contributed by atoms with E-state index >= 15 is 0 Å². The highest BCUT2D eigenvalue weighted by Gasteiger charge is 2.21. The van der Waals surface area contributed by atoms with Gasteiger partial charge in [-0.15, -0.1) is 0 Å². The molecule has 0 aromatic heterocycles. The van der Waals surface area contributed by atoms with Crippen LogP contribution in [0.25, 0.3) is 16.7 Å². The normalized spacial score (nSPS) is 15.4. The molecule has 4 rings (SSSR count). The molecule has 0 atom stereocenters.